The van der Waals surface area contributed by atoms with E-state index in [1.165, 1.54) is 12.0 Å². The van der Waals surface area contributed by atoms with Gasteiger partial charge >= 0.3 is 6.03 Å². The van der Waals surface area contributed by atoms with Crippen molar-refractivity contribution in [1.82, 2.24) is 20.9 Å². The van der Waals surface area contributed by atoms with Gasteiger partial charge in [-0.25, -0.2) is 4.79 Å². The molecule has 3 N–H and O–H groups in total. The molecule has 1 aromatic carbocycles. The number of fused-ring (bicyclic) bond motifs is 2. The van der Waals surface area contributed by atoms with Gasteiger partial charge in [0, 0.05) is 36.8 Å². The Bertz CT molecular complexity index is 1260. The third kappa shape index (κ3) is 3.07. The molecule has 1 aromatic rings. The maximum atomic E-state index is 13.2. The average molecular weight is 462 g/mol. The Morgan fingerprint density at radius 2 is 2.18 bits per heavy atom. The van der Waals surface area contributed by atoms with Crippen LogP contribution in [0.5, 0.6) is 5.75 Å². The van der Waals surface area contributed by atoms with Crippen LogP contribution in [0.4, 0.5) is 4.79 Å². The van der Waals surface area contributed by atoms with Crippen LogP contribution >= 0.6 is 0 Å². The van der Waals surface area contributed by atoms with Gasteiger partial charge in [0.25, 0.3) is 11.8 Å². The molecule has 0 bridgehead atoms. The Morgan fingerprint density at radius 3 is 2.91 bits per heavy atom. The third-order valence-electron chi connectivity index (χ3n) is 6.62. The molecule has 5 aliphatic rings. The molecule has 0 aliphatic carbocycles. The number of nitrogens with zero attached hydrogens (tertiary/aromatic N) is 3. The minimum absolute atomic E-state index is 0.0752. The Labute approximate surface area is 194 Å². The van der Waals surface area contributed by atoms with Gasteiger partial charge in [0.1, 0.15) is 23.4 Å². The van der Waals surface area contributed by atoms with Gasteiger partial charge in [-0.1, -0.05) is 6.07 Å². The topological polar surface area (TPSA) is 134 Å². The molecule has 0 saturated carbocycles. The summed E-state index contributed by atoms with van der Waals surface area (Å²) in [6.07, 6.45) is 3.56. The smallest absolute Gasteiger partial charge is 0.322 e. The summed E-state index contributed by atoms with van der Waals surface area (Å²) in [5.41, 5.74) is 1.38. The Morgan fingerprint density at radius 1 is 1.29 bits per heavy atom. The van der Waals surface area contributed by atoms with Crippen LogP contribution in [-0.2, 0) is 16.1 Å². The second-order valence-corrected chi connectivity index (χ2v) is 8.68. The summed E-state index contributed by atoms with van der Waals surface area (Å²) in [6, 6.07) is 4.66. The Hall–Kier alpha value is -4.15. The first-order valence-electron chi connectivity index (χ1n) is 11.0. The number of aliphatic imine (C=N–C) groups is 2. The maximum absolute atomic E-state index is 13.2. The van der Waals surface area contributed by atoms with E-state index in [2.05, 4.69) is 25.9 Å². The first kappa shape index (κ1) is 20.5. The third-order valence-corrected chi connectivity index (χ3v) is 6.62. The first-order chi connectivity index (χ1) is 16.5. The van der Waals surface area contributed by atoms with Crippen LogP contribution in [0.1, 0.15) is 22.3 Å². The van der Waals surface area contributed by atoms with Crippen LogP contribution in [0.15, 0.2) is 51.8 Å². The number of carbonyl (C=O) groups excluding carboxylic acids is 3. The van der Waals surface area contributed by atoms with E-state index in [0.717, 1.165) is 29.2 Å². The highest BCUT2D eigenvalue weighted by atomic mass is 16.5. The van der Waals surface area contributed by atoms with Crippen molar-refractivity contribution < 1.29 is 23.9 Å². The highest BCUT2D eigenvalue weighted by Crippen LogP contribution is 2.37. The highest BCUT2D eigenvalue weighted by Gasteiger charge is 2.55. The predicted molar refractivity (Wildman–Crippen MR) is 121 cm³/mol. The summed E-state index contributed by atoms with van der Waals surface area (Å²) >= 11 is 0. The zero-order valence-electron chi connectivity index (χ0n) is 18.4. The average Bonchev–Trinajstić information content (AvgIpc) is 3.61. The number of amides is 4. The Kier molecular flexibility index (Phi) is 4.48. The number of hydrogen-bond acceptors (Lipinski definition) is 8. The molecule has 1 saturated heterocycles. The molecule has 0 spiro atoms. The fourth-order valence-corrected chi connectivity index (χ4v) is 4.87. The zero-order valence-corrected chi connectivity index (χ0v) is 18.4. The van der Waals surface area contributed by atoms with Gasteiger partial charge in [0.2, 0.25) is 0 Å². The molecule has 11 nitrogen and oxygen atoms in total. The van der Waals surface area contributed by atoms with E-state index in [0.29, 0.717) is 30.8 Å². The molecule has 1 fully saturated rings. The second kappa shape index (κ2) is 7.44. The summed E-state index contributed by atoms with van der Waals surface area (Å²) in [7, 11) is 1.54. The molecule has 11 heteroatoms. The number of benzene rings is 1. The lowest BCUT2D eigenvalue weighted by Gasteiger charge is -2.32. The lowest BCUT2D eigenvalue weighted by molar-refractivity contribution is -0.124. The van der Waals surface area contributed by atoms with Gasteiger partial charge in [-0.3, -0.25) is 24.9 Å². The number of urea groups is 1. The van der Waals surface area contributed by atoms with Gasteiger partial charge in [-0.2, -0.15) is 0 Å². The van der Waals surface area contributed by atoms with Gasteiger partial charge in [0.15, 0.2) is 5.54 Å². The van der Waals surface area contributed by atoms with Gasteiger partial charge < -0.3 is 25.0 Å². The molecule has 5 heterocycles. The molecule has 2 atom stereocenters. The van der Waals surface area contributed by atoms with Crippen LogP contribution < -0.4 is 20.7 Å². The maximum Gasteiger partial charge on any atom is 0.322 e. The fourth-order valence-electron chi connectivity index (χ4n) is 4.87. The number of rotatable bonds is 5. The number of nitrogens with one attached hydrogen (secondary N) is 3. The quantitative estimate of drug-likeness (QED) is 0.537. The molecule has 5 aliphatic heterocycles. The van der Waals surface area contributed by atoms with Crippen LogP contribution in [0, 0.1) is 0 Å². The number of ether oxygens (including phenoxy) is 2. The molecule has 4 amide bonds. The van der Waals surface area contributed by atoms with E-state index in [1.54, 1.807) is 24.4 Å². The lowest BCUT2D eigenvalue weighted by atomic mass is 9.95. The van der Waals surface area contributed by atoms with Crippen molar-refractivity contribution in [2.75, 3.05) is 26.7 Å². The number of methoxy groups -OCH3 is 1. The van der Waals surface area contributed by atoms with Gasteiger partial charge in [-0.05, 0) is 23.8 Å². The van der Waals surface area contributed by atoms with Crippen molar-refractivity contribution in [2.45, 2.75) is 24.6 Å². The largest absolute Gasteiger partial charge is 0.497 e. The Balaban J connectivity index is 1.29. The van der Waals surface area contributed by atoms with E-state index in [1.807, 2.05) is 6.07 Å². The molecule has 0 aromatic heterocycles. The molecule has 2 unspecified atom stereocenters. The lowest BCUT2D eigenvalue weighted by Crippen LogP contribution is -2.57. The van der Waals surface area contributed by atoms with Gasteiger partial charge in [0.05, 0.1) is 25.9 Å². The minimum atomic E-state index is -1.54. The standard InChI is InChI=1S/C23H22N6O5/c1-33-14-3-2-12-10-29(20(30)15(12)7-14)11-23(21(31)27-22(32)28-23)18-6-13-9-26-16(8-17(13)34-18)19-24-4-5-25-19/h2-3,6-7,9,17H,4-5,8,10-11H2,1H3,(H,24,25)(H2,27,28,31,32). The van der Waals surface area contributed by atoms with Crippen LogP contribution in [0.25, 0.3) is 0 Å². The summed E-state index contributed by atoms with van der Waals surface area (Å²) in [6.45, 7) is 1.70. The normalized spacial score (nSPS) is 27.0. The predicted octanol–water partition coefficient (Wildman–Crippen LogP) is 0.242. The number of carbonyl (C=O) groups is 3. The number of amidine groups is 1. The van der Waals surface area contributed by atoms with Crippen LogP contribution in [0.2, 0.25) is 0 Å². The molecular formula is C23H22N6O5. The minimum Gasteiger partial charge on any atom is -0.497 e. The van der Waals surface area contributed by atoms with Crippen molar-refractivity contribution in [3.63, 3.8) is 0 Å². The van der Waals surface area contributed by atoms with E-state index in [-0.39, 0.29) is 24.3 Å². The van der Waals surface area contributed by atoms with Crippen molar-refractivity contribution in [3.8, 4) is 5.75 Å². The molecule has 174 valence electrons. The molecule has 34 heavy (non-hydrogen) atoms. The van der Waals surface area contributed by atoms with Crippen LogP contribution in [-0.4, -0.2) is 72.7 Å². The molecular weight excluding hydrogens is 440 g/mol. The summed E-state index contributed by atoms with van der Waals surface area (Å²) in [5, 5.41) is 8.23. The monoisotopic (exact) mass is 462 g/mol. The summed E-state index contributed by atoms with van der Waals surface area (Å²) in [4.78, 5) is 48.9. The highest BCUT2D eigenvalue weighted by molar-refractivity contribution is 6.42. The van der Waals surface area contributed by atoms with Gasteiger partial charge in [-0.15, -0.1) is 0 Å². The van der Waals surface area contributed by atoms with E-state index >= 15 is 0 Å². The molecule has 0 radical (unpaired) electrons. The van der Waals surface area contributed by atoms with E-state index < -0.39 is 17.5 Å². The summed E-state index contributed by atoms with van der Waals surface area (Å²) in [5.74, 6) is 0.808. The van der Waals surface area contributed by atoms with Crippen molar-refractivity contribution >= 4 is 29.4 Å². The molecule has 6 rings (SSSR count). The number of hydrogen-bond donors (Lipinski definition) is 3. The summed E-state index contributed by atoms with van der Waals surface area (Å²) < 4.78 is 11.5. The van der Waals surface area contributed by atoms with E-state index in [4.69, 9.17) is 9.47 Å². The first-order valence-corrected chi connectivity index (χ1v) is 11.0. The van der Waals surface area contributed by atoms with Crippen molar-refractivity contribution in [3.05, 3.63) is 52.9 Å². The number of imide groups is 1. The SMILES string of the molecule is COc1ccc2c(c1)C(=O)N(CC1(C3=CC4=CN=C(C5=NCCN5)CC4O3)NC(=O)NC1=O)C2. The van der Waals surface area contributed by atoms with Crippen molar-refractivity contribution in [2.24, 2.45) is 9.98 Å². The fraction of sp³-hybridized carbons (Fsp3) is 0.348. The zero-order chi connectivity index (χ0) is 23.4. The van der Waals surface area contributed by atoms with E-state index in [9.17, 15) is 14.4 Å². The van der Waals surface area contributed by atoms with Crippen molar-refractivity contribution in [1.29, 1.82) is 0 Å². The van der Waals surface area contributed by atoms with Crippen LogP contribution in [0.3, 0.4) is 0 Å². The second-order valence-electron chi connectivity index (χ2n) is 8.68.